The average Bonchev–Trinajstić information content (AvgIpc) is 2.26. The number of nitrogens with zero attached hydrogens (tertiary/aromatic N) is 4. The van der Waals surface area contributed by atoms with E-state index < -0.39 is 0 Å². The van der Waals surface area contributed by atoms with E-state index in [1.807, 2.05) is 22.6 Å². The average molecular weight is 353 g/mol. The highest BCUT2D eigenvalue weighted by atomic mass is 127. The van der Waals surface area contributed by atoms with E-state index in [-0.39, 0.29) is 0 Å². The summed E-state index contributed by atoms with van der Waals surface area (Å²) in [6.07, 6.45) is 4.67. The maximum Gasteiger partial charge on any atom is 0.182 e. The molecule has 0 saturated carbocycles. The minimum atomic E-state index is 0.316. The summed E-state index contributed by atoms with van der Waals surface area (Å²) >= 11 is 13.7. The van der Waals surface area contributed by atoms with Gasteiger partial charge in [-0.25, -0.2) is 15.0 Å². The summed E-state index contributed by atoms with van der Waals surface area (Å²) in [5.74, 6) is 0.374. The van der Waals surface area contributed by atoms with Crippen molar-refractivity contribution in [3.05, 3.63) is 32.5 Å². The van der Waals surface area contributed by atoms with Crippen LogP contribution in [0.15, 0.2) is 18.6 Å². The summed E-state index contributed by atoms with van der Waals surface area (Å²) in [5, 5.41) is 0.632. The van der Waals surface area contributed by atoms with Crippen LogP contribution in [-0.4, -0.2) is 19.9 Å². The molecule has 2 rings (SSSR count). The molecule has 0 aromatic carbocycles. The van der Waals surface area contributed by atoms with Gasteiger partial charge in [-0.05, 0) is 22.6 Å². The van der Waals surface area contributed by atoms with E-state index in [0.29, 0.717) is 25.4 Å². The molecule has 0 N–H and O–H groups in total. The van der Waals surface area contributed by atoms with Gasteiger partial charge in [0.25, 0.3) is 0 Å². The van der Waals surface area contributed by atoms with Gasteiger partial charge in [0, 0.05) is 12.4 Å². The predicted octanol–water partition coefficient (Wildman–Crippen LogP) is 2.84. The van der Waals surface area contributed by atoms with Gasteiger partial charge in [0.05, 0.1) is 9.77 Å². The van der Waals surface area contributed by atoms with Crippen LogP contribution in [0.5, 0.6) is 0 Å². The van der Waals surface area contributed by atoms with Gasteiger partial charge in [0.15, 0.2) is 5.82 Å². The molecular formula is C8H3Cl2IN4. The third-order valence-corrected chi connectivity index (χ3v) is 3.77. The number of rotatable bonds is 1. The van der Waals surface area contributed by atoms with Gasteiger partial charge in [-0.1, -0.05) is 23.2 Å². The van der Waals surface area contributed by atoms with Crippen molar-refractivity contribution in [1.29, 1.82) is 0 Å². The van der Waals surface area contributed by atoms with Gasteiger partial charge >= 0.3 is 0 Å². The maximum atomic E-state index is 5.88. The third-order valence-electron chi connectivity index (χ3n) is 1.56. The fraction of sp³-hybridized carbons (Fsp3) is 0. The molecule has 0 aliphatic rings. The van der Waals surface area contributed by atoms with Crippen LogP contribution in [0, 0.1) is 3.57 Å². The van der Waals surface area contributed by atoms with Crippen molar-refractivity contribution in [1.82, 2.24) is 19.9 Å². The van der Waals surface area contributed by atoms with E-state index in [4.69, 9.17) is 23.2 Å². The molecule has 0 unspecified atom stereocenters. The molecule has 0 aliphatic carbocycles. The molecule has 2 aromatic rings. The monoisotopic (exact) mass is 352 g/mol. The number of aromatic nitrogens is 4. The summed E-state index contributed by atoms with van der Waals surface area (Å²) < 4.78 is 0.628. The lowest BCUT2D eigenvalue weighted by atomic mass is 10.4. The minimum absolute atomic E-state index is 0.316. The fourth-order valence-electron chi connectivity index (χ4n) is 0.923. The first-order valence-corrected chi connectivity index (χ1v) is 5.67. The Bertz CT molecular complexity index is 468. The summed E-state index contributed by atoms with van der Waals surface area (Å²) in [7, 11) is 0. The van der Waals surface area contributed by atoms with Crippen LogP contribution in [-0.2, 0) is 0 Å². The Morgan fingerprint density at radius 1 is 1.07 bits per heavy atom. The molecule has 0 radical (unpaired) electrons. The van der Waals surface area contributed by atoms with Crippen molar-refractivity contribution in [2.75, 3.05) is 0 Å². The lowest BCUT2D eigenvalue weighted by Gasteiger charge is -2.02. The maximum absolute atomic E-state index is 5.88. The minimum Gasteiger partial charge on any atom is -0.261 e. The molecule has 0 spiro atoms. The molecule has 0 saturated heterocycles. The number of halogens is 3. The highest BCUT2D eigenvalue weighted by Gasteiger charge is 2.10. The van der Waals surface area contributed by atoms with Crippen LogP contribution in [0.25, 0.3) is 11.5 Å². The Kier molecular flexibility index (Phi) is 3.32. The summed E-state index contributed by atoms with van der Waals surface area (Å²) in [6.45, 7) is 0. The highest BCUT2D eigenvalue weighted by molar-refractivity contribution is 14.1. The second-order valence-corrected chi connectivity index (χ2v) is 4.33. The Hall–Kier alpha value is -0.530. The van der Waals surface area contributed by atoms with Crippen molar-refractivity contribution >= 4 is 45.8 Å². The number of hydrogen-bond acceptors (Lipinski definition) is 4. The summed E-state index contributed by atoms with van der Waals surface area (Å²) in [6, 6.07) is 0. The molecule has 0 aliphatic heterocycles. The Morgan fingerprint density at radius 3 is 2.27 bits per heavy atom. The Morgan fingerprint density at radius 2 is 1.73 bits per heavy atom. The van der Waals surface area contributed by atoms with E-state index in [1.165, 1.54) is 0 Å². The normalized spacial score (nSPS) is 10.3. The quantitative estimate of drug-likeness (QED) is 0.585. The van der Waals surface area contributed by atoms with Gasteiger partial charge in [0.1, 0.15) is 16.0 Å². The second-order valence-electron chi connectivity index (χ2n) is 2.53. The molecule has 0 amide bonds. The summed E-state index contributed by atoms with van der Waals surface area (Å²) in [5.41, 5.74) is 0.540. The fourth-order valence-corrected chi connectivity index (χ4v) is 1.55. The van der Waals surface area contributed by atoms with Crippen molar-refractivity contribution in [2.24, 2.45) is 0 Å². The van der Waals surface area contributed by atoms with E-state index in [0.717, 1.165) is 0 Å². The SMILES string of the molecule is Clc1nc(-c2cnccn2)nc(Cl)c1I. The molecule has 2 heterocycles. The first-order valence-electron chi connectivity index (χ1n) is 3.83. The number of hydrogen-bond donors (Lipinski definition) is 0. The van der Waals surface area contributed by atoms with Crippen LogP contribution in [0.3, 0.4) is 0 Å². The van der Waals surface area contributed by atoms with E-state index in [9.17, 15) is 0 Å². The molecule has 0 fully saturated rings. The van der Waals surface area contributed by atoms with Gasteiger partial charge in [0.2, 0.25) is 0 Å². The van der Waals surface area contributed by atoms with Crippen LogP contribution < -0.4 is 0 Å². The molecule has 76 valence electrons. The Balaban J connectivity index is 2.56. The van der Waals surface area contributed by atoms with Gasteiger partial charge in [-0.3, -0.25) is 4.98 Å². The zero-order chi connectivity index (χ0) is 10.8. The molecule has 0 bridgehead atoms. The second kappa shape index (κ2) is 4.54. The van der Waals surface area contributed by atoms with Crippen molar-refractivity contribution in [3.63, 3.8) is 0 Å². The molecule has 2 aromatic heterocycles. The van der Waals surface area contributed by atoms with Crippen LogP contribution in [0.2, 0.25) is 10.3 Å². The van der Waals surface area contributed by atoms with Crippen LogP contribution in [0.4, 0.5) is 0 Å². The highest BCUT2D eigenvalue weighted by Crippen LogP contribution is 2.25. The molecule has 7 heteroatoms. The first-order chi connectivity index (χ1) is 7.18. The van der Waals surface area contributed by atoms with Crippen molar-refractivity contribution < 1.29 is 0 Å². The topological polar surface area (TPSA) is 51.6 Å². The largest absolute Gasteiger partial charge is 0.261 e. The van der Waals surface area contributed by atoms with Gasteiger partial charge < -0.3 is 0 Å². The zero-order valence-electron chi connectivity index (χ0n) is 7.15. The lowest BCUT2D eigenvalue weighted by Crippen LogP contribution is -1.95. The Labute approximate surface area is 109 Å². The van der Waals surface area contributed by atoms with E-state index in [2.05, 4.69) is 19.9 Å². The van der Waals surface area contributed by atoms with E-state index >= 15 is 0 Å². The molecule has 0 atom stereocenters. The smallest absolute Gasteiger partial charge is 0.182 e. The lowest BCUT2D eigenvalue weighted by molar-refractivity contribution is 1.10. The van der Waals surface area contributed by atoms with Crippen molar-refractivity contribution in [3.8, 4) is 11.5 Å². The molecule has 15 heavy (non-hydrogen) atoms. The van der Waals surface area contributed by atoms with E-state index in [1.54, 1.807) is 18.6 Å². The van der Waals surface area contributed by atoms with Gasteiger partial charge in [-0.2, -0.15) is 0 Å². The van der Waals surface area contributed by atoms with Crippen LogP contribution >= 0.6 is 45.8 Å². The predicted molar refractivity (Wildman–Crippen MR) is 65.8 cm³/mol. The molecule has 4 nitrogen and oxygen atoms in total. The summed E-state index contributed by atoms with van der Waals surface area (Å²) in [4.78, 5) is 16.1. The van der Waals surface area contributed by atoms with Crippen LogP contribution in [0.1, 0.15) is 0 Å². The van der Waals surface area contributed by atoms with Gasteiger partial charge in [-0.15, -0.1) is 0 Å². The van der Waals surface area contributed by atoms with Crippen molar-refractivity contribution in [2.45, 2.75) is 0 Å². The zero-order valence-corrected chi connectivity index (χ0v) is 10.8. The third kappa shape index (κ3) is 2.35. The molecular weight excluding hydrogens is 350 g/mol. The standard InChI is InChI=1S/C8H3Cl2IN4/c9-6-5(11)7(10)15-8(14-6)4-3-12-1-2-13-4/h1-3H. The first kappa shape index (κ1) is 11.0.